The maximum Gasteiger partial charge on any atom is 2.00 e. The predicted octanol–water partition coefficient (Wildman–Crippen LogP) is 14.8. The summed E-state index contributed by atoms with van der Waals surface area (Å²) in [6, 6.07) is 8.66. The van der Waals surface area contributed by atoms with Crippen LogP contribution in [0.3, 0.4) is 0 Å². The number of aryl methyl sites for hydroxylation is 2. The molecule has 1 unspecified atom stereocenters. The van der Waals surface area contributed by atoms with E-state index in [1.54, 1.807) is 30.6 Å². The minimum Gasteiger partial charge on any atom is -1.00 e. The number of hydrogen-bond acceptors (Lipinski definition) is 19. The molecular formula is C68H78BCl10F6MgN12NaO13P. The number of carbonyl (C=O) groups excluding carboxylic acids is 7. The van der Waals surface area contributed by atoms with Gasteiger partial charge in [0.2, 0.25) is 6.41 Å². The Morgan fingerprint density at radius 3 is 1.44 bits per heavy atom. The second-order valence-electron chi connectivity index (χ2n) is 21.1. The maximum absolute atomic E-state index is 14.3. The van der Waals surface area contributed by atoms with Crippen LogP contribution in [0.2, 0.25) is 30.1 Å². The fraction of sp³-hybridized carbons (Fsp3) is 0.338. The SMILES string of the molecule is C.CCOC(=O)c1c(F)c(Cl)cc2cncn12.CCc1nc(CN)cc(Cl)c1F.CCc1nc(CNC=O)cc(Cl)c1F.Cl.O=C=O.O=C=O.O=CO.O=Cc1c(F)c(Cl)cc2cncn12.O=P(Cl)(Cl)Cl.OC(c1c(F)c(Cl)cc2cncn12)C1CCCCC1.OCc1c(F)c(Cl)cc2cncn12.[2H]C.[B].[CH-]1CCCCC1.[H-].[H-].[Mg+2].[Na+]. The zero-order chi connectivity index (χ0) is 82.5. The third-order valence-electron chi connectivity index (χ3n) is 14.3. The van der Waals surface area contributed by atoms with E-state index in [0.29, 0.717) is 70.4 Å². The first-order chi connectivity index (χ1) is 51.9. The molecule has 0 saturated heterocycles. The largest absolute Gasteiger partial charge is 2.00 e. The molecule has 10 heterocycles. The van der Waals surface area contributed by atoms with Gasteiger partial charge in [0.05, 0.1) is 156 Å². The van der Waals surface area contributed by atoms with E-state index in [1.165, 1.54) is 133 Å². The Bertz CT molecular complexity index is 4640. The Kier molecular flexibility index (Phi) is 62.9. The molecule has 12 rings (SSSR count). The number of pyridine rings is 6. The minimum absolute atomic E-state index is 0. The number of amides is 1. The number of esters is 1. The first kappa shape index (κ1) is 114. The first-order valence-corrected chi connectivity index (χ1v) is 37.8. The van der Waals surface area contributed by atoms with Crippen LogP contribution in [0.25, 0.3) is 22.1 Å². The number of nitrogens with two attached hydrogens (primary N) is 1. The van der Waals surface area contributed by atoms with Crippen molar-refractivity contribution in [1.29, 1.82) is 0 Å². The van der Waals surface area contributed by atoms with Gasteiger partial charge in [0.25, 0.3) is 6.47 Å². The molecule has 2 saturated carbocycles. The molecular weight excluding hydrogens is 1750 g/mol. The van der Waals surface area contributed by atoms with Crippen molar-refractivity contribution in [2.45, 2.75) is 138 Å². The summed E-state index contributed by atoms with van der Waals surface area (Å²) in [6.07, 6.45) is 28.2. The summed E-state index contributed by atoms with van der Waals surface area (Å²) >= 11 is 47.8. The summed E-state index contributed by atoms with van der Waals surface area (Å²) in [7, 11) is 1.25. The molecule has 0 aliphatic heterocycles. The summed E-state index contributed by atoms with van der Waals surface area (Å²) in [5, 5.41) is 25.5. The average molecular weight is 1830 g/mol. The Morgan fingerprint density at radius 2 is 1.04 bits per heavy atom. The molecule has 25 nitrogen and oxygen atoms in total. The number of nitrogens with one attached hydrogen (secondary N) is 1. The molecule has 2 fully saturated rings. The van der Waals surface area contributed by atoms with Gasteiger partial charge < -0.3 is 40.4 Å². The van der Waals surface area contributed by atoms with Crippen molar-refractivity contribution < 1.29 is 123 Å². The summed E-state index contributed by atoms with van der Waals surface area (Å²) in [4.78, 5) is 96.4. The summed E-state index contributed by atoms with van der Waals surface area (Å²) in [5.74, 6) is -4.23. The van der Waals surface area contributed by atoms with Crippen molar-refractivity contribution in [3.63, 3.8) is 0 Å². The van der Waals surface area contributed by atoms with Crippen molar-refractivity contribution in [2.75, 3.05) is 6.61 Å². The number of rotatable bonds is 12. The van der Waals surface area contributed by atoms with Crippen molar-refractivity contribution in [2.24, 2.45) is 11.7 Å². The fourth-order valence-corrected chi connectivity index (χ4v) is 11.0. The van der Waals surface area contributed by atoms with Gasteiger partial charge in [-0.1, -0.05) is 137 Å². The van der Waals surface area contributed by atoms with E-state index in [-0.39, 0.29) is 181 Å². The number of aldehydes is 1. The van der Waals surface area contributed by atoms with Crippen LogP contribution in [0.15, 0.2) is 86.5 Å². The normalized spacial score (nSPS) is 11.6. The third-order valence-corrected chi connectivity index (χ3v) is 16.0. The number of halogens is 16. The number of hydrogen-bond donors (Lipinski definition) is 5. The standard InChI is InChI=1S/C14H16ClFN2O.C10H8ClFN2O2.C9H10ClFN2O.C8H6ClFN2O.C8H4ClFN2O.C8H10ClFN2.C6H11.CH2O2.2CO2.2CH4.B.Cl3OP.ClH.Mg.Na.2H/c15-11-6-10-7-17-8-18(10)13(12(11)16)14(19)9-4-2-1-3-5-9;1-2-16-10(15)9-8(12)7(11)3-6-4-13-5-14(6)9;1-2-8-9(11)7(10)3-6(13-8)4-12-5-14;2*9-6-1-5-2-11-4-12(5)7(3-13)8(6)10;1-2-7-8(10)6(9)3-5(4-11)12-7;1-2-4-6-5-3-1;3*2-1-3;;;;1-5(2,3)4;;;;;/h6-9,14,19H,1-5H2;3-5H,2H2,1H3;3,5H,2,4H2,1H3,(H,12,14);1-2,4,13H,3H2;1-4H;3H,2,4,11H2,1H3;1H,2-6H2;1H,(H,2,3);;;2*1H4;;;1H;;;;/q;;;;;;-1;;;;;;;;;+2;+1;2*-1/i;;;;;;;;;;1D;;;;;;;;. The van der Waals surface area contributed by atoms with Gasteiger partial charge in [-0.3, -0.25) is 46.5 Å². The molecule has 6 N–H and O–H groups in total. The predicted molar refractivity (Wildman–Crippen MR) is 423 cm³/mol. The van der Waals surface area contributed by atoms with Crippen molar-refractivity contribution >= 4 is 212 Å². The Labute approximate surface area is 741 Å². The van der Waals surface area contributed by atoms with Crippen LogP contribution >= 0.6 is 121 Å². The van der Waals surface area contributed by atoms with Gasteiger partial charge in [0.15, 0.2) is 46.9 Å². The molecule has 0 spiro atoms. The number of ether oxygens (including phenoxy) is 1. The second-order valence-corrected chi connectivity index (χ2v) is 30.2. The number of carboxylic acid groups (broad SMARTS) is 1. The third kappa shape index (κ3) is 38.5. The number of aromatic nitrogens is 10. The molecule has 10 aromatic rings. The summed E-state index contributed by atoms with van der Waals surface area (Å²) in [5.41, 5.74) is 9.74. The van der Waals surface area contributed by atoms with E-state index >= 15 is 0 Å². The van der Waals surface area contributed by atoms with E-state index in [1.807, 2.05) is 6.92 Å². The number of imidazole rings is 4. The molecule has 2 aliphatic rings. The topological polar surface area (TPSA) is 357 Å². The number of aliphatic hydroxyl groups excluding tert-OH is 2. The van der Waals surface area contributed by atoms with Crippen LogP contribution in [-0.4, -0.2) is 138 Å². The van der Waals surface area contributed by atoms with E-state index in [9.17, 15) is 50.4 Å². The van der Waals surface area contributed by atoms with Gasteiger partial charge in [0.1, 0.15) is 11.8 Å². The molecule has 113 heavy (non-hydrogen) atoms. The van der Waals surface area contributed by atoms with Gasteiger partial charge >= 0.3 is 76.1 Å². The number of nitrogens with zero attached hydrogens (tertiary/aromatic N) is 10. The van der Waals surface area contributed by atoms with Gasteiger partial charge in [0, 0.05) is 16.3 Å². The van der Waals surface area contributed by atoms with E-state index in [2.05, 4.69) is 75.4 Å². The number of fused-ring (bicyclic) bond motifs is 4. The fourth-order valence-electron chi connectivity index (χ4n) is 9.65. The molecule has 3 radical (unpaired) electrons. The smallest absolute Gasteiger partial charge is 1.00 e. The number of carbonyl (C=O) groups is 4. The van der Waals surface area contributed by atoms with Crippen molar-refractivity contribution in [1.82, 2.24) is 52.8 Å². The van der Waals surface area contributed by atoms with Crippen molar-refractivity contribution in [3.05, 3.63) is 204 Å². The van der Waals surface area contributed by atoms with Crippen molar-refractivity contribution in [3.8, 4) is 0 Å². The summed E-state index contributed by atoms with van der Waals surface area (Å²) in [6.45, 7) is 5.32. The average Bonchev–Trinajstić information content (AvgIpc) is 1.50. The quantitative estimate of drug-likeness (QED) is 0.0189. The number of aliphatic hydroxyl groups is 2. The van der Waals surface area contributed by atoms with Gasteiger partial charge in [-0.15, -0.1) is 12.4 Å². The van der Waals surface area contributed by atoms with Crippen LogP contribution in [0, 0.1) is 47.2 Å². The monoisotopic (exact) mass is 1820 g/mol. The molecule has 1 atom stereocenters. The van der Waals surface area contributed by atoms with Crippen LogP contribution in [0.4, 0.5) is 26.3 Å². The summed E-state index contributed by atoms with van der Waals surface area (Å²) < 4.78 is 106. The van der Waals surface area contributed by atoms with Gasteiger partial charge in [-0.2, -0.15) is 32.0 Å². The van der Waals surface area contributed by atoms with E-state index in [4.69, 9.17) is 116 Å². The zero-order valence-corrected chi connectivity index (χ0v) is 72.1. The van der Waals surface area contributed by atoms with Crippen LogP contribution in [0.5, 0.6) is 0 Å². The first-order valence-electron chi connectivity index (χ1n) is 32.1. The molecule has 611 valence electrons. The Balaban J connectivity index is -0.000000232. The van der Waals surface area contributed by atoms with Gasteiger partial charge in [-0.25, -0.2) is 51.1 Å². The van der Waals surface area contributed by atoms with Crippen LogP contribution in [0.1, 0.15) is 165 Å². The maximum atomic E-state index is 14.3. The Hall–Kier alpha value is -5.68. The molecule has 2 aliphatic carbocycles. The molecule has 10 aromatic heterocycles. The Morgan fingerprint density at radius 1 is 0.664 bits per heavy atom. The van der Waals surface area contributed by atoms with E-state index in [0.717, 1.165) is 25.7 Å². The van der Waals surface area contributed by atoms with E-state index < -0.39 is 58.8 Å². The molecule has 0 aromatic carbocycles. The molecule has 1 amide bonds. The zero-order valence-electron chi connectivity index (χ0n) is 63.1. The van der Waals surface area contributed by atoms with Gasteiger partial charge in [-0.05, 0) is 109 Å². The van der Waals surface area contributed by atoms with Crippen LogP contribution < -0.4 is 40.6 Å². The second kappa shape index (κ2) is 62.5. The molecule has 0 bridgehead atoms. The minimum atomic E-state index is -3.22. The molecule has 45 heteroatoms. The van der Waals surface area contributed by atoms with Crippen LogP contribution in [-0.2, 0) is 70.6 Å².